The van der Waals surface area contributed by atoms with E-state index in [1.165, 1.54) is 13.0 Å². The van der Waals surface area contributed by atoms with Crippen molar-refractivity contribution in [1.82, 2.24) is 13.7 Å². The van der Waals surface area contributed by atoms with Crippen LogP contribution in [0.25, 0.3) is 0 Å². The van der Waals surface area contributed by atoms with E-state index in [0.29, 0.717) is 23.1 Å². The van der Waals surface area contributed by atoms with E-state index in [2.05, 4.69) is 8.85 Å². The third-order valence-corrected chi connectivity index (χ3v) is 8.26. The van der Waals surface area contributed by atoms with Crippen LogP contribution in [0.2, 0.25) is 0 Å². The van der Waals surface area contributed by atoms with E-state index in [1.54, 1.807) is 6.07 Å². The maximum atomic E-state index is 14.4. The van der Waals surface area contributed by atoms with Crippen molar-refractivity contribution in [3.8, 4) is 5.75 Å². The van der Waals surface area contributed by atoms with Crippen LogP contribution < -0.4 is 35.1 Å². The SMILES string of the molecule is CC(=O)N[C@@H](Cc1cc(F)cc(OCc2ccc(C(F)(F)F)o2)c1)C[C@@H]1N[I-]CN(Cc2ccccc2)C1=O. The van der Waals surface area contributed by atoms with Crippen molar-refractivity contribution in [3.05, 3.63) is 89.1 Å². The molecule has 4 rings (SSSR count). The van der Waals surface area contributed by atoms with Gasteiger partial charge >= 0.3 is 209 Å². The molecule has 0 spiro atoms. The number of benzene rings is 2. The molecule has 1 aromatic heterocycles. The van der Waals surface area contributed by atoms with Crippen LogP contribution in [0.4, 0.5) is 17.6 Å². The Morgan fingerprint density at radius 3 is 2.64 bits per heavy atom. The Morgan fingerprint density at radius 1 is 1.18 bits per heavy atom. The van der Waals surface area contributed by atoms with Gasteiger partial charge in [-0.05, 0) is 6.07 Å². The minimum atomic E-state index is -4.61. The van der Waals surface area contributed by atoms with Gasteiger partial charge in [0.05, 0.1) is 0 Å². The van der Waals surface area contributed by atoms with E-state index in [-0.39, 0.29) is 36.4 Å². The fourth-order valence-corrected chi connectivity index (χ4v) is 6.47. The van der Waals surface area contributed by atoms with Gasteiger partial charge in [0.15, 0.2) is 0 Å². The van der Waals surface area contributed by atoms with Gasteiger partial charge in [0.1, 0.15) is 0 Å². The van der Waals surface area contributed by atoms with Gasteiger partial charge in [-0.25, -0.2) is 0 Å². The number of ether oxygens (including phenoxy) is 1. The van der Waals surface area contributed by atoms with Gasteiger partial charge in [-0.1, -0.05) is 0 Å². The van der Waals surface area contributed by atoms with E-state index in [9.17, 15) is 27.2 Å². The van der Waals surface area contributed by atoms with Gasteiger partial charge in [0.2, 0.25) is 5.76 Å². The Hall–Kier alpha value is -3.13. The van der Waals surface area contributed by atoms with Crippen molar-refractivity contribution >= 4 is 11.8 Å². The number of hydrogen-bond donors (Lipinski definition) is 2. The number of carbonyl (C=O) groups excluding carboxylic acids is 2. The fourth-order valence-electron chi connectivity index (χ4n) is 4.23. The second-order valence-corrected chi connectivity index (χ2v) is 11.2. The Kier molecular flexibility index (Phi) is 9.49. The van der Waals surface area contributed by atoms with E-state index < -0.39 is 51.3 Å². The second kappa shape index (κ2) is 12.8. The molecule has 2 aromatic carbocycles. The molecule has 2 amide bonds. The average molecular weight is 660 g/mol. The number of rotatable bonds is 10. The fraction of sp³-hybridized carbons (Fsp3) is 0.333. The van der Waals surface area contributed by atoms with Crippen LogP contribution in [-0.4, -0.2) is 33.3 Å². The number of nitrogens with zero attached hydrogens (tertiary/aromatic N) is 1. The standard InChI is InChI=1S/C27H27F4IN3O4/c1-17(36)33-21(13-24-26(37)35(16-32-34-24)14-18-5-3-2-4-6-18)10-19-9-20(28)12-23(11-19)38-15-22-7-8-25(39-22)27(29,30)31/h2-9,11-12,21,24,34H,10,13-16H2,1H3,(H,33,36)/q-1/t21-,24-/m0/s1. The Bertz CT molecular complexity index is 1290. The van der Waals surface area contributed by atoms with Gasteiger partial charge in [-0.2, -0.15) is 13.2 Å². The normalized spacial score (nSPS) is 16.9. The number of amides is 2. The van der Waals surface area contributed by atoms with E-state index in [1.807, 2.05) is 35.2 Å². The van der Waals surface area contributed by atoms with Crippen LogP contribution >= 0.6 is 0 Å². The number of nitrogens with one attached hydrogen (secondary N) is 2. The van der Waals surface area contributed by atoms with Crippen LogP contribution in [0.5, 0.6) is 5.75 Å². The number of alkyl halides is 4. The van der Waals surface area contributed by atoms with Gasteiger partial charge in [0.25, 0.3) is 0 Å². The summed E-state index contributed by atoms with van der Waals surface area (Å²) in [7, 11) is 0. The molecule has 0 bridgehead atoms. The summed E-state index contributed by atoms with van der Waals surface area (Å²) >= 11 is -0.466. The summed E-state index contributed by atoms with van der Waals surface area (Å²) in [6, 6.07) is 14.6. The van der Waals surface area contributed by atoms with Gasteiger partial charge in [-0.15, -0.1) is 0 Å². The topological polar surface area (TPSA) is 83.8 Å². The minimum absolute atomic E-state index is 0.0555. The molecule has 0 aliphatic carbocycles. The average Bonchev–Trinajstić information content (AvgIpc) is 3.35. The Balaban J connectivity index is 1.41. The summed E-state index contributed by atoms with van der Waals surface area (Å²) in [4.78, 5) is 27.0. The van der Waals surface area contributed by atoms with Crippen LogP contribution in [0.15, 0.2) is 65.1 Å². The predicted molar refractivity (Wildman–Crippen MR) is 129 cm³/mol. The molecule has 39 heavy (non-hydrogen) atoms. The van der Waals surface area contributed by atoms with Crippen molar-refractivity contribution in [2.75, 3.05) is 4.55 Å². The second-order valence-electron chi connectivity index (χ2n) is 9.12. The van der Waals surface area contributed by atoms with Crippen LogP contribution in [-0.2, 0) is 35.3 Å². The molecule has 1 saturated heterocycles. The molecular weight excluding hydrogens is 633 g/mol. The first-order chi connectivity index (χ1) is 18.6. The van der Waals surface area contributed by atoms with E-state index in [0.717, 1.165) is 23.8 Å². The van der Waals surface area contributed by atoms with Crippen molar-refractivity contribution < 1.29 is 57.8 Å². The van der Waals surface area contributed by atoms with Crippen LogP contribution in [0.3, 0.4) is 0 Å². The summed E-state index contributed by atoms with van der Waals surface area (Å²) in [6.45, 7) is 1.55. The predicted octanol–water partition coefficient (Wildman–Crippen LogP) is 1.42. The molecule has 2 atom stereocenters. The van der Waals surface area contributed by atoms with E-state index >= 15 is 0 Å². The summed E-state index contributed by atoms with van der Waals surface area (Å²) < 4.78 is 66.9. The third kappa shape index (κ3) is 8.43. The molecule has 2 heterocycles. The third-order valence-electron chi connectivity index (χ3n) is 5.90. The molecular formula is C27H27F4IN3O4-. The molecule has 7 nitrogen and oxygen atoms in total. The van der Waals surface area contributed by atoms with Crippen molar-refractivity contribution in [2.45, 2.75) is 51.2 Å². The molecule has 3 aromatic rings. The Labute approximate surface area is 233 Å². The van der Waals surface area contributed by atoms with Crippen molar-refractivity contribution in [1.29, 1.82) is 0 Å². The summed E-state index contributed by atoms with van der Waals surface area (Å²) in [5.74, 6) is -2.05. The quantitative estimate of drug-likeness (QED) is 0.113. The van der Waals surface area contributed by atoms with Crippen molar-refractivity contribution in [2.24, 2.45) is 0 Å². The van der Waals surface area contributed by atoms with Gasteiger partial charge < -0.3 is 0 Å². The van der Waals surface area contributed by atoms with Gasteiger partial charge in [0, 0.05) is 0 Å². The molecule has 12 heteroatoms. The first-order valence-electron chi connectivity index (χ1n) is 12.1. The molecule has 1 fully saturated rings. The molecule has 1 aliphatic rings. The molecule has 0 radical (unpaired) electrons. The van der Waals surface area contributed by atoms with Crippen molar-refractivity contribution in [3.63, 3.8) is 0 Å². The first-order valence-corrected chi connectivity index (χ1v) is 14.7. The zero-order valence-electron chi connectivity index (χ0n) is 20.9. The van der Waals surface area contributed by atoms with E-state index in [4.69, 9.17) is 9.15 Å². The number of carbonyl (C=O) groups is 2. The summed E-state index contributed by atoms with van der Waals surface area (Å²) in [5, 5.41) is 2.85. The molecule has 0 saturated carbocycles. The zero-order chi connectivity index (χ0) is 28.0. The maximum absolute atomic E-state index is 14.4. The van der Waals surface area contributed by atoms with Gasteiger partial charge in [-0.3, -0.25) is 0 Å². The Morgan fingerprint density at radius 2 is 1.95 bits per heavy atom. The van der Waals surface area contributed by atoms with Crippen LogP contribution in [0, 0.1) is 5.82 Å². The first kappa shape index (κ1) is 28.9. The number of furan rings is 1. The zero-order valence-corrected chi connectivity index (χ0v) is 23.1. The molecule has 2 N–H and O–H groups in total. The number of halogens is 5. The molecule has 1 aliphatic heterocycles. The monoisotopic (exact) mass is 660 g/mol. The molecule has 0 unspecified atom stereocenters. The van der Waals surface area contributed by atoms with Crippen LogP contribution in [0.1, 0.15) is 36.0 Å². The summed E-state index contributed by atoms with van der Waals surface area (Å²) in [6.07, 6.45) is -4.09. The number of hydrogen-bond acceptors (Lipinski definition) is 5. The summed E-state index contributed by atoms with van der Waals surface area (Å²) in [5.41, 5.74) is 1.53. The molecule has 210 valence electrons.